The first-order valence-electron chi connectivity index (χ1n) is 6.41. The lowest BCUT2D eigenvalue weighted by atomic mass is 10.1. The molecule has 1 N–H and O–H groups in total. The lowest BCUT2D eigenvalue weighted by Gasteiger charge is -2.13. The van der Waals surface area contributed by atoms with Gasteiger partial charge in [0.2, 0.25) is 0 Å². The van der Waals surface area contributed by atoms with Crippen LogP contribution in [0.4, 0.5) is 13.2 Å². The normalized spacial score (nSPS) is 22.3. The Bertz CT molecular complexity index is 215. The summed E-state index contributed by atoms with van der Waals surface area (Å²) in [6.45, 7) is -0.477. The Hall–Kier alpha value is -0.330. The van der Waals surface area contributed by atoms with Gasteiger partial charge in [0, 0.05) is 13.2 Å². The third-order valence-corrected chi connectivity index (χ3v) is 2.95. The van der Waals surface area contributed by atoms with Gasteiger partial charge in [-0.3, -0.25) is 0 Å². The Morgan fingerprint density at radius 3 is 2.72 bits per heavy atom. The maximum atomic E-state index is 11.8. The first kappa shape index (κ1) is 15.7. The van der Waals surface area contributed by atoms with Gasteiger partial charge < -0.3 is 14.6 Å². The van der Waals surface area contributed by atoms with E-state index in [4.69, 9.17) is 4.74 Å². The van der Waals surface area contributed by atoms with E-state index in [2.05, 4.69) is 4.74 Å². The zero-order chi connectivity index (χ0) is 13.4. The fraction of sp³-hybridized carbons (Fsp3) is 1.00. The van der Waals surface area contributed by atoms with Crippen LogP contribution < -0.4 is 0 Å². The molecule has 0 aliphatic carbocycles. The van der Waals surface area contributed by atoms with Crippen LogP contribution in [-0.2, 0) is 9.47 Å². The van der Waals surface area contributed by atoms with Crippen LogP contribution in [0.1, 0.15) is 38.5 Å². The molecule has 0 radical (unpaired) electrons. The van der Waals surface area contributed by atoms with E-state index in [-0.39, 0.29) is 13.0 Å². The molecule has 2 unspecified atom stereocenters. The van der Waals surface area contributed by atoms with E-state index in [1.54, 1.807) is 0 Å². The second kappa shape index (κ2) is 7.96. The second-order valence-electron chi connectivity index (χ2n) is 4.68. The summed E-state index contributed by atoms with van der Waals surface area (Å²) >= 11 is 0. The molecule has 3 nitrogen and oxygen atoms in total. The molecule has 18 heavy (non-hydrogen) atoms. The molecular weight excluding hydrogens is 249 g/mol. The fourth-order valence-corrected chi connectivity index (χ4v) is 2.00. The van der Waals surface area contributed by atoms with Crippen molar-refractivity contribution in [2.45, 2.75) is 56.9 Å². The summed E-state index contributed by atoms with van der Waals surface area (Å²) in [4.78, 5) is 0. The van der Waals surface area contributed by atoms with Gasteiger partial charge in [0.1, 0.15) is 6.61 Å². The highest BCUT2D eigenvalue weighted by atomic mass is 19.4. The zero-order valence-corrected chi connectivity index (χ0v) is 10.4. The van der Waals surface area contributed by atoms with Crippen molar-refractivity contribution in [2.24, 2.45) is 0 Å². The quantitative estimate of drug-likeness (QED) is 0.689. The summed E-state index contributed by atoms with van der Waals surface area (Å²) in [5, 5.41) is 9.55. The first-order valence-corrected chi connectivity index (χ1v) is 6.41. The minimum Gasteiger partial charge on any atom is -0.393 e. The summed E-state index contributed by atoms with van der Waals surface area (Å²) in [6.07, 6.45) is 0.203. The lowest BCUT2D eigenvalue weighted by molar-refractivity contribution is -0.175. The van der Waals surface area contributed by atoms with Gasteiger partial charge in [0.05, 0.1) is 12.2 Å². The van der Waals surface area contributed by atoms with Crippen LogP contribution in [0.2, 0.25) is 0 Å². The summed E-state index contributed by atoms with van der Waals surface area (Å²) in [6, 6.07) is 0. The largest absolute Gasteiger partial charge is 0.411 e. The minimum absolute atomic E-state index is 0.0550. The molecule has 6 heteroatoms. The Morgan fingerprint density at radius 1 is 1.33 bits per heavy atom. The Kier molecular flexibility index (Phi) is 6.96. The number of hydrogen-bond acceptors (Lipinski definition) is 3. The van der Waals surface area contributed by atoms with Gasteiger partial charge >= 0.3 is 6.18 Å². The molecular formula is C12H21F3O3. The molecule has 0 aromatic heterocycles. The molecule has 108 valence electrons. The van der Waals surface area contributed by atoms with E-state index in [0.717, 1.165) is 32.3 Å². The van der Waals surface area contributed by atoms with E-state index in [9.17, 15) is 18.3 Å². The van der Waals surface area contributed by atoms with E-state index < -0.39 is 18.9 Å². The van der Waals surface area contributed by atoms with Gasteiger partial charge in [-0.15, -0.1) is 0 Å². The molecule has 0 aromatic rings. The monoisotopic (exact) mass is 270 g/mol. The predicted molar refractivity (Wildman–Crippen MR) is 60.3 cm³/mol. The number of ether oxygens (including phenoxy) is 2. The van der Waals surface area contributed by atoms with Crippen molar-refractivity contribution in [3.63, 3.8) is 0 Å². The minimum atomic E-state index is -4.29. The van der Waals surface area contributed by atoms with Gasteiger partial charge in [-0.05, 0) is 38.5 Å². The van der Waals surface area contributed by atoms with E-state index in [1.165, 1.54) is 0 Å². The second-order valence-corrected chi connectivity index (χ2v) is 4.68. The maximum absolute atomic E-state index is 11.8. The standard InChI is InChI=1S/C12H21F3O3/c13-12(14,15)9-17-8-6-10(16)3-1-4-11-5-2-7-18-11/h10-11,16H,1-9H2. The summed E-state index contributed by atoms with van der Waals surface area (Å²) in [5.41, 5.74) is 0. The summed E-state index contributed by atoms with van der Waals surface area (Å²) < 4.78 is 45.1. The van der Waals surface area contributed by atoms with Crippen LogP contribution in [-0.4, -0.2) is 43.3 Å². The average molecular weight is 270 g/mol. The van der Waals surface area contributed by atoms with Gasteiger partial charge in [0.25, 0.3) is 0 Å². The first-order chi connectivity index (χ1) is 8.47. The van der Waals surface area contributed by atoms with Crippen LogP contribution in [0.5, 0.6) is 0 Å². The van der Waals surface area contributed by atoms with Crippen molar-refractivity contribution in [1.82, 2.24) is 0 Å². The molecule has 0 saturated carbocycles. The van der Waals surface area contributed by atoms with Gasteiger partial charge in [-0.2, -0.15) is 13.2 Å². The molecule has 1 aliphatic rings. The number of halogens is 3. The molecule has 0 aromatic carbocycles. The molecule has 1 saturated heterocycles. The zero-order valence-electron chi connectivity index (χ0n) is 10.4. The SMILES string of the molecule is OC(CCCC1CCCO1)CCOCC(F)(F)F. The lowest BCUT2D eigenvalue weighted by Crippen LogP contribution is -2.19. The molecule has 0 spiro atoms. The topological polar surface area (TPSA) is 38.7 Å². The molecule has 0 bridgehead atoms. The van der Waals surface area contributed by atoms with Crippen LogP contribution >= 0.6 is 0 Å². The van der Waals surface area contributed by atoms with Crippen LogP contribution in [0, 0.1) is 0 Å². The van der Waals surface area contributed by atoms with Crippen LogP contribution in [0.3, 0.4) is 0 Å². The van der Waals surface area contributed by atoms with Crippen molar-refractivity contribution in [1.29, 1.82) is 0 Å². The van der Waals surface area contributed by atoms with Crippen molar-refractivity contribution < 1.29 is 27.8 Å². The summed E-state index contributed by atoms with van der Waals surface area (Å²) in [7, 11) is 0. The van der Waals surface area contributed by atoms with Crippen molar-refractivity contribution in [3.05, 3.63) is 0 Å². The number of rotatable bonds is 8. The smallest absolute Gasteiger partial charge is 0.393 e. The Labute approximate surface area is 105 Å². The van der Waals surface area contributed by atoms with E-state index in [1.807, 2.05) is 0 Å². The highest BCUT2D eigenvalue weighted by molar-refractivity contribution is 4.66. The van der Waals surface area contributed by atoms with Crippen LogP contribution in [0.25, 0.3) is 0 Å². The molecule has 1 rings (SSSR count). The van der Waals surface area contributed by atoms with Gasteiger partial charge in [-0.25, -0.2) is 0 Å². The number of aliphatic hydroxyl groups is 1. The summed E-state index contributed by atoms with van der Waals surface area (Å²) in [5.74, 6) is 0. The Morgan fingerprint density at radius 2 is 2.11 bits per heavy atom. The van der Waals surface area contributed by atoms with Crippen molar-refractivity contribution in [2.75, 3.05) is 19.8 Å². The number of hydrogen-bond donors (Lipinski definition) is 1. The molecule has 1 fully saturated rings. The average Bonchev–Trinajstić information content (AvgIpc) is 2.76. The highest BCUT2D eigenvalue weighted by Crippen LogP contribution is 2.19. The van der Waals surface area contributed by atoms with Crippen LogP contribution in [0.15, 0.2) is 0 Å². The van der Waals surface area contributed by atoms with Crippen molar-refractivity contribution >= 4 is 0 Å². The third kappa shape index (κ3) is 7.89. The molecule has 2 atom stereocenters. The predicted octanol–water partition coefficient (Wildman–Crippen LogP) is 2.67. The number of aliphatic hydroxyl groups excluding tert-OH is 1. The molecule has 1 aliphatic heterocycles. The van der Waals surface area contributed by atoms with Gasteiger partial charge in [-0.1, -0.05) is 0 Å². The molecule has 1 heterocycles. The van der Waals surface area contributed by atoms with E-state index in [0.29, 0.717) is 12.5 Å². The van der Waals surface area contributed by atoms with Gasteiger partial charge in [0.15, 0.2) is 0 Å². The maximum Gasteiger partial charge on any atom is 0.411 e. The molecule has 0 amide bonds. The third-order valence-electron chi connectivity index (χ3n) is 2.95. The van der Waals surface area contributed by atoms with Crippen molar-refractivity contribution in [3.8, 4) is 0 Å². The van der Waals surface area contributed by atoms with E-state index >= 15 is 0 Å². The highest BCUT2D eigenvalue weighted by Gasteiger charge is 2.27. The Balaban J connectivity index is 1.91. The number of alkyl halides is 3. The fourth-order valence-electron chi connectivity index (χ4n) is 2.00.